The number of rotatable bonds is 5. The first-order valence-electron chi connectivity index (χ1n) is 10.2. The largest absolute Gasteiger partial charge is 0.336 e. The molecule has 0 atom stereocenters. The number of pyridine rings is 1. The van der Waals surface area contributed by atoms with Crippen LogP contribution in [-0.4, -0.2) is 64.5 Å². The second-order valence-electron chi connectivity index (χ2n) is 7.43. The van der Waals surface area contributed by atoms with E-state index in [0.29, 0.717) is 35.8 Å². The van der Waals surface area contributed by atoms with Crippen LogP contribution >= 0.6 is 11.3 Å². The minimum Gasteiger partial charge on any atom is -0.336 e. The molecule has 164 valence electrons. The van der Waals surface area contributed by atoms with Gasteiger partial charge in [0.15, 0.2) is 5.82 Å². The average molecular weight is 460 g/mol. The maximum absolute atomic E-state index is 13.2. The van der Waals surface area contributed by atoms with E-state index in [-0.39, 0.29) is 19.0 Å². The summed E-state index contributed by atoms with van der Waals surface area (Å²) < 4.78 is 29.2. The average Bonchev–Trinajstić information content (AvgIpc) is 3.36. The van der Waals surface area contributed by atoms with Gasteiger partial charge in [-0.25, -0.2) is 18.1 Å². The number of hydrogen-bond acceptors (Lipinski definition) is 6. The molecule has 0 radical (unpaired) electrons. The zero-order valence-electron chi connectivity index (χ0n) is 17.8. The van der Waals surface area contributed by atoms with E-state index < -0.39 is 10.0 Å². The number of sulfonamides is 1. The predicted molar refractivity (Wildman–Crippen MR) is 119 cm³/mol. The van der Waals surface area contributed by atoms with Gasteiger partial charge in [-0.2, -0.15) is 9.40 Å². The van der Waals surface area contributed by atoms with Crippen molar-refractivity contribution in [3.8, 4) is 5.82 Å². The summed E-state index contributed by atoms with van der Waals surface area (Å²) in [6.45, 7) is 6.95. The lowest BCUT2D eigenvalue weighted by molar-refractivity contribution is 0.0696. The van der Waals surface area contributed by atoms with Gasteiger partial charge in [0, 0.05) is 42.1 Å². The molecule has 0 aliphatic carbocycles. The Morgan fingerprint density at radius 1 is 1.16 bits per heavy atom. The molecule has 1 aliphatic heterocycles. The minimum atomic E-state index is -3.55. The molecule has 4 heterocycles. The minimum absolute atomic E-state index is 0.126. The highest BCUT2D eigenvalue weighted by Gasteiger charge is 2.33. The third kappa shape index (κ3) is 4.02. The molecule has 3 aromatic heterocycles. The Morgan fingerprint density at radius 2 is 1.90 bits per heavy atom. The summed E-state index contributed by atoms with van der Waals surface area (Å²) in [7, 11) is -3.55. The van der Waals surface area contributed by atoms with E-state index in [0.717, 1.165) is 15.4 Å². The molecule has 0 aromatic carbocycles. The number of carbonyl (C=O) groups excluding carboxylic acids is 1. The van der Waals surface area contributed by atoms with E-state index in [1.165, 1.54) is 15.6 Å². The van der Waals surface area contributed by atoms with E-state index in [9.17, 15) is 13.2 Å². The van der Waals surface area contributed by atoms with Crippen molar-refractivity contribution in [3.63, 3.8) is 0 Å². The van der Waals surface area contributed by atoms with Crippen LogP contribution in [0.5, 0.6) is 0 Å². The Hall–Kier alpha value is -2.56. The van der Waals surface area contributed by atoms with Crippen LogP contribution in [0, 0.1) is 13.8 Å². The molecule has 4 rings (SSSR count). The van der Waals surface area contributed by atoms with Gasteiger partial charge in [-0.1, -0.05) is 13.0 Å². The Labute approximate surface area is 186 Å². The van der Waals surface area contributed by atoms with Crippen LogP contribution in [0.3, 0.4) is 0 Å². The van der Waals surface area contributed by atoms with Gasteiger partial charge in [0.25, 0.3) is 5.91 Å². The molecule has 1 aliphatic rings. The van der Waals surface area contributed by atoms with Crippen molar-refractivity contribution < 1.29 is 13.2 Å². The molecule has 0 saturated carbocycles. The SMILES string of the molecule is CCc1c(C(=O)N2CCN(S(=O)(=O)c3cc(C)sc3C)CC2)cnn1-c1ccccn1. The van der Waals surface area contributed by atoms with Crippen LogP contribution < -0.4 is 0 Å². The molecule has 31 heavy (non-hydrogen) atoms. The van der Waals surface area contributed by atoms with E-state index in [1.807, 2.05) is 39.0 Å². The first-order chi connectivity index (χ1) is 14.8. The molecule has 1 amide bonds. The molecule has 1 fully saturated rings. The normalized spacial score (nSPS) is 15.4. The third-order valence-corrected chi connectivity index (χ3v) is 8.56. The number of piperazine rings is 1. The van der Waals surface area contributed by atoms with Crippen LogP contribution in [0.15, 0.2) is 41.6 Å². The smallest absolute Gasteiger partial charge is 0.257 e. The van der Waals surface area contributed by atoms with E-state index in [4.69, 9.17) is 0 Å². The highest BCUT2D eigenvalue weighted by Crippen LogP contribution is 2.28. The number of carbonyl (C=O) groups is 1. The van der Waals surface area contributed by atoms with Gasteiger partial charge in [-0.3, -0.25) is 4.79 Å². The van der Waals surface area contributed by atoms with Crippen molar-refractivity contribution >= 4 is 27.3 Å². The van der Waals surface area contributed by atoms with Gasteiger partial charge in [0.2, 0.25) is 10.0 Å². The number of hydrogen-bond donors (Lipinski definition) is 0. The fourth-order valence-electron chi connectivity index (χ4n) is 3.87. The Morgan fingerprint density at radius 3 is 2.48 bits per heavy atom. The second kappa shape index (κ2) is 8.52. The number of aromatic nitrogens is 3. The quantitative estimate of drug-likeness (QED) is 0.585. The lowest BCUT2D eigenvalue weighted by Gasteiger charge is -2.34. The van der Waals surface area contributed by atoms with E-state index >= 15 is 0 Å². The van der Waals surface area contributed by atoms with Gasteiger partial charge in [-0.05, 0) is 38.5 Å². The molecular formula is C21H25N5O3S2. The summed E-state index contributed by atoms with van der Waals surface area (Å²) in [4.78, 5) is 21.4. The maximum atomic E-state index is 13.2. The molecule has 0 spiro atoms. The summed E-state index contributed by atoms with van der Waals surface area (Å²) >= 11 is 1.48. The number of amides is 1. The van der Waals surface area contributed by atoms with Crippen molar-refractivity contribution in [2.24, 2.45) is 0 Å². The lowest BCUT2D eigenvalue weighted by atomic mass is 10.1. The zero-order valence-corrected chi connectivity index (χ0v) is 19.4. The molecular weight excluding hydrogens is 434 g/mol. The number of aryl methyl sites for hydroxylation is 2. The zero-order chi connectivity index (χ0) is 22.2. The Balaban J connectivity index is 1.50. The highest BCUT2D eigenvalue weighted by atomic mass is 32.2. The van der Waals surface area contributed by atoms with Crippen LogP contribution in [0.4, 0.5) is 0 Å². The fourth-order valence-corrected chi connectivity index (χ4v) is 6.82. The standard InChI is InChI=1S/C21H25N5O3S2/c1-4-18-17(14-23-26(18)20-7-5-6-8-22-20)21(27)24-9-11-25(12-10-24)31(28,29)19-13-15(2)30-16(19)3/h5-8,13-14H,4,9-12H2,1-3H3. The molecule has 0 N–H and O–H groups in total. The predicted octanol–water partition coefficient (Wildman–Crippen LogP) is 2.65. The van der Waals surface area contributed by atoms with Gasteiger partial charge in [0.1, 0.15) is 0 Å². The Bertz CT molecular complexity index is 1190. The topological polar surface area (TPSA) is 88.4 Å². The molecule has 8 nitrogen and oxygen atoms in total. The first kappa shape index (κ1) is 21.7. The molecule has 0 unspecified atom stereocenters. The number of thiophene rings is 1. The molecule has 0 bridgehead atoms. The number of nitrogens with zero attached hydrogens (tertiary/aromatic N) is 5. The highest BCUT2D eigenvalue weighted by molar-refractivity contribution is 7.89. The molecule has 1 saturated heterocycles. The van der Waals surface area contributed by atoms with Crippen LogP contribution in [-0.2, 0) is 16.4 Å². The molecule has 3 aromatic rings. The van der Waals surface area contributed by atoms with Crippen LogP contribution in [0.25, 0.3) is 5.82 Å². The maximum Gasteiger partial charge on any atom is 0.257 e. The summed E-state index contributed by atoms with van der Waals surface area (Å²) in [5, 5.41) is 4.38. The van der Waals surface area contributed by atoms with Crippen molar-refractivity contribution in [1.29, 1.82) is 0 Å². The van der Waals surface area contributed by atoms with E-state index in [2.05, 4.69) is 10.1 Å². The van der Waals surface area contributed by atoms with Gasteiger partial charge in [-0.15, -0.1) is 11.3 Å². The van der Waals surface area contributed by atoms with Crippen LogP contribution in [0.1, 0.15) is 32.7 Å². The summed E-state index contributed by atoms with van der Waals surface area (Å²) in [5.74, 6) is 0.536. The fraction of sp³-hybridized carbons (Fsp3) is 0.381. The first-order valence-corrected chi connectivity index (χ1v) is 12.4. The summed E-state index contributed by atoms with van der Waals surface area (Å²) in [5.41, 5.74) is 1.33. The van der Waals surface area contributed by atoms with E-state index in [1.54, 1.807) is 28.0 Å². The van der Waals surface area contributed by atoms with Crippen LogP contribution in [0.2, 0.25) is 0 Å². The van der Waals surface area contributed by atoms with Crippen molar-refractivity contribution in [2.75, 3.05) is 26.2 Å². The summed E-state index contributed by atoms with van der Waals surface area (Å²) in [6, 6.07) is 7.28. The lowest BCUT2D eigenvalue weighted by Crippen LogP contribution is -2.50. The van der Waals surface area contributed by atoms with Gasteiger partial charge in [0.05, 0.1) is 22.3 Å². The molecule has 10 heteroatoms. The third-order valence-electron chi connectivity index (χ3n) is 5.44. The van der Waals surface area contributed by atoms with Gasteiger partial charge < -0.3 is 4.90 Å². The summed E-state index contributed by atoms with van der Waals surface area (Å²) in [6.07, 6.45) is 3.90. The second-order valence-corrected chi connectivity index (χ2v) is 10.8. The van der Waals surface area contributed by atoms with Crippen molar-refractivity contribution in [1.82, 2.24) is 24.0 Å². The monoisotopic (exact) mass is 459 g/mol. The van der Waals surface area contributed by atoms with Crippen molar-refractivity contribution in [3.05, 3.63) is 57.7 Å². The van der Waals surface area contributed by atoms with Crippen molar-refractivity contribution in [2.45, 2.75) is 32.1 Å². The Kier molecular flexibility index (Phi) is 5.96. The van der Waals surface area contributed by atoms with Gasteiger partial charge >= 0.3 is 0 Å².